The van der Waals surface area contributed by atoms with Crippen LogP contribution in [0.3, 0.4) is 0 Å². The van der Waals surface area contributed by atoms with Crippen molar-refractivity contribution in [2.24, 2.45) is 5.92 Å². The highest BCUT2D eigenvalue weighted by Crippen LogP contribution is 2.28. The summed E-state index contributed by atoms with van der Waals surface area (Å²) in [5, 5.41) is 14.2. The van der Waals surface area contributed by atoms with E-state index in [1.165, 1.54) is 24.1 Å². The zero-order chi connectivity index (χ0) is 28.6. The lowest BCUT2D eigenvalue weighted by Crippen LogP contribution is -2.52. The summed E-state index contributed by atoms with van der Waals surface area (Å²) in [6, 6.07) is 9.94. The van der Waals surface area contributed by atoms with E-state index in [-0.39, 0.29) is 29.7 Å². The molecule has 0 aliphatic carbocycles. The Labute approximate surface area is 224 Å². The fourth-order valence-corrected chi connectivity index (χ4v) is 4.74. The van der Waals surface area contributed by atoms with E-state index in [4.69, 9.17) is 4.74 Å². The van der Waals surface area contributed by atoms with Crippen molar-refractivity contribution in [1.29, 1.82) is 0 Å². The zero-order valence-electron chi connectivity index (χ0n) is 22.6. The van der Waals surface area contributed by atoms with Crippen molar-refractivity contribution >= 4 is 33.2 Å². The Morgan fingerprint density at radius 3 is 2.26 bits per heavy atom. The number of hydrogen-bond acceptors (Lipinski definition) is 7. The van der Waals surface area contributed by atoms with Gasteiger partial charge >= 0.3 is 0 Å². The van der Waals surface area contributed by atoms with Gasteiger partial charge in [0.2, 0.25) is 21.8 Å². The molecule has 2 amide bonds. The number of carbonyl (C=O) groups excluding carboxylic acids is 2. The average molecular weight is 549 g/mol. The summed E-state index contributed by atoms with van der Waals surface area (Å²) in [4.78, 5) is 38.9. The second-order valence-corrected chi connectivity index (χ2v) is 11.3. The molecule has 1 atom stereocenters. The van der Waals surface area contributed by atoms with Crippen molar-refractivity contribution in [1.82, 2.24) is 10.2 Å². The fourth-order valence-electron chi connectivity index (χ4n) is 3.84. The first kappa shape index (κ1) is 30.6. The molecule has 0 saturated heterocycles. The molecule has 12 heteroatoms. The molecule has 0 unspecified atom stereocenters. The zero-order valence-corrected chi connectivity index (χ0v) is 23.4. The van der Waals surface area contributed by atoms with E-state index in [1.807, 2.05) is 13.8 Å². The largest absolute Gasteiger partial charge is 0.497 e. The Hall–Kier alpha value is -3.67. The first-order chi connectivity index (χ1) is 17.8. The first-order valence-corrected chi connectivity index (χ1v) is 14.1. The number of hydrogen-bond donors (Lipinski definition) is 1. The van der Waals surface area contributed by atoms with Gasteiger partial charge in [-0.25, -0.2) is 8.42 Å². The van der Waals surface area contributed by atoms with E-state index in [9.17, 15) is 28.1 Å². The summed E-state index contributed by atoms with van der Waals surface area (Å²) < 4.78 is 31.6. The van der Waals surface area contributed by atoms with Gasteiger partial charge in [0.15, 0.2) is 0 Å². The standard InChI is InChI=1S/C26H36N4O7S/c1-7-23(26(32)27-15-18(2)3)28(16-20-9-12-22(37-5)13-10-20)25(31)17-29(38(6,35)36)24-14-21(30(33)34)11-8-19(24)4/h8-14,18,23H,7,15-17H2,1-6H3,(H,27,32)/t23-/m1/s1. The topological polar surface area (TPSA) is 139 Å². The van der Waals surface area contributed by atoms with Crippen LogP contribution in [-0.2, 0) is 26.2 Å². The molecule has 0 aliphatic heterocycles. The van der Waals surface area contributed by atoms with E-state index in [2.05, 4.69) is 5.32 Å². The maximum absolute atomic E-state index is 13.8. The van der Waals surface area contributed by atoms with Crippen molar-refractivity contribution in [2.75, 3.05) is 30.8 Å². The summed E-state index contributed by atoms with van der Waals surface area (Å²) in [5.41, 5.74) is 0.877. The minimum atomic E-state index is -4.02. The van der Waals surface area contributed by atoms with E-state index in [1.54, 1.807) is 38.1 Å². The number of sulfonamides is 1. The number of methoxy groups -OCH3 is 1. The second kappa shape index (κ2) is 13.2. The monoisotopic (exact) mass is 548 g/mol. The number of nitrogens with zero attached hydrogens (tertiary/aromatic N) is 3. The molecule has 208 valence electrons. The molecule has 0 aromatic heterocycles. The number of nitro groups is 1. The third-order valence-corrected chi connectivity index (χ3v) is 7.06. The lowest BCUT2D eigenvalue weighted by atomic mass is 10.1. The van der Waals surface area contributed by atoms with Gasteiger partial charge in [-0.1, -0.05) is 39.0 Å². The average Bonchev–Trinajstić information content (AvgIpc) is 2.85. The minimum absolute atomic E-state index is 0.0248. The van der Waals surface area contributed by atoms with Crippen LogP contribution in [0.15, 0.2) is 42.5 Å². The number of nitrogens with one attached hydrogen (secondary N) is 1. The summed E-state index contributed by atoms with van der Waals surface area (Å²) >= 11 is 0. The molecule has 0 fully saturated rings. The highest BCUT2D eigenvalue weighted by atomic mass is 32.2. The Kier molecular flexibility index (Phi) is 10.6. The molecule has 0 heterocycles. The van der Waals surface area contributed by atoms with Gasteiger partial charge in [0.05, 0.1) is 24.0 Å². The maximum Gasteiger partial charge on any atom is 0.271 e. The minimum Gasteiger partial charge on any atom is -0.497 e. The number of ether oxygens (including phenoxy) is 1. The molecule has 0 radical (unpaired) electrons. The van der Waals surface area contributed by atoms with Crippen LogP contribution in [0.2, 0.25) is 0 Å². The summed E-state index contributed by atoms with van der Waals surface area (Å²) in [6.45, 7) is 7.10. The molecule has 2 aromatic carbocycles. The third-order valence-electron chi connectivity index (χ3n) is 5.93. The Bertz CT molecular complexity index is 1250. The van der Waals surface area contributed by atoms with Crippen LogP contribution in [0.4, 0.5) is 11.4 Å². The normalized spacial score (nSPS) is 12.1. The number of amides is 2. The third kappa shape index (κ3) is 8.17. The predicted octanol–water partition coefficient (Wildman–Crippen LogP) is 3.26. The number of aryl methyl sites for hydroxylation is 1. The molecule has 38 heavy (non-hydrogen) atoms. The predicted molar refractivity (Wildman–Crippen MR) is 145 cm³/mol. The van der Waals surface area contributed by atoms with Crippen molar-refractivity contribution in [3.63, 3.8) is 0 Å². The van der Waals surface area contributed by atoms with Crippen LogP contribution in [0.5, 0.6) is 5.75 Å². The SMILES string of the molecule is CC[C@H](C(=O)NCC(C)C)N(Cc1ccc(OC)cc1)C(=O)CN(c1cc([N+](=O)[O-])ccc1C)S(C)(=O)=O. The molecule has 11 nitrogen and oxygen atoms in total. The molecule has 2 rings (SSSR count). The highest BCUT2D eigenvalue weighted by molar-refractivity contribution is 7.92. The van der Waals surface area contributed by atoms with Gasteiger partial charge in [-0.05, 0) is 42.5 Å². The quantitative estimate of drug-likeness (QED) is 0.299. The molecule has 2 aromatic rings. The van der Waals surface area contributed by atoms with Gasteiger partial charge in [0.25, 0.3) is 5.69 Å². The van der Waals surface area contributed by atoms with Gasteiger partial charge in [-0.15, -0.1) is 0 Å². The van der Waals surface area contributed by atoms with E-state index >= 15 is 0 Å². The second-order valence-electron chi connectivity index (χ2n) is 9.43. The van der Waals surface area contributed by atoms with Crippen LogP contribution in [0.25, 0.3) is 0 Å². The van der Waals surface area contributed by atoms with E-state index in [0.29, 0.717) is 29.8 Å². The number of carbonyl (C=O) groups is 2. The number of benzene rings is 2. The maximum atomic E-state index is 13.8. The van der Waals surface area contributed by atoms with Gasteiger partial charge in [0, 0.05) is 25.2 Å². The van der Waals surface area contributed by atoms with E-state index in [0.717, 1.165) is 16.6 Å². The van der Waals surface area contributed by atoms with Crippen LogP contribution in [-0.4, -0.2) is 62.6 Å². The summed E-state index contributed by atoms with van der Waals surface area (Å²) in [5.74, 6) is -0.151. The molecule has 0 spiro atoms. The van der Waals surface area contributed by atoms with Crippen molar-refractivity contribution in [2.45, 2.75) is 46.7 Å². The van der Waals surface area contributed by atoms with Crippen molar-refractivity contribution in [3.05, 3.63) is 63.7 Å². The Balaban J connectivity index is 2.50. The number of anilines is 1. The lowest BCUT2D eigenvalue weighted by Gasteiger charge is -2.33. The molecular weight excluding hydrogens is 512 g/mol. The molecule has 0 bridgehead atoms. The van der Waals surface area contributed by atoms with Crippen LogP contribution in [0, 0.1) is 23.0 Å². The van der Waals surface area contributed by atoms with Crippen molar-refractivity contribution < 1.29 is 27.7 Å². The Morgan fingerprint density at radius 2 is 1.76 bits per heavy atom. The summed E-state index contributed by atoms with van der Waals surface area (Å²) in [6.07, 6.45) is 1.22. The highest BCUT2D eigenvalue weighted by Gasteiger charge is 2.32. The number of non-ortho nitro benzene ring substituents is 1. The van der Waals surface area contributed by atoms with Crippen LogP contribution < -0.4 is 14.4 Å². The van der Waals surface area contributed by atoms with Gasteiger partial charge in [-0.3, -0.25) is 24.0 Å². The van der Waals surface area contributed by atoms with Gasteiger partial charge in [0.1, 0.15) is 18.3 Å². The smallest absolute Gasteiger partial charge is 0.271 e. The Morgan fingerprint density at radius 1 is 1.13 bits per heavy atom. The lowest BCUT2D eigenvalue weighted by molar-refractivity contribution is -0.384. The molecule has 1 N–H and O–H groups in total. The van der Waals surface area contributed by atoms with Crippen LogP contribution in [0.1, 0.15) is 38.3 Å². The number of rotatable bonds is 13. The van der Waals surface area contributed by atoms with Gasteiger partial charge < -0.3 is 15.0 Å². The first-order valence-electron chi connectivity index (χ1n) is 12.2. The summed E-state index contributed by atoms with van der Waals surface area (Å²) in [7, 11) is -2.49. The van der Waals surface area contributed by atoms with Crippen LogP contribution >= 0.6 is 0 Å². The fraction of sp³-hybridized carbons (Fsp3) is 0.462. The molecule has 0 aliphatic rings. The van der Waals surface area contributed by atoms with Gasteiger partial charge in [-0.2, -0.15) is 0 Å². The molecule has 0 saturated carbocycles. The number of nitro benzene ring substituents is 1. The van der Waals surface area contributed by atoms with Crippen molar-refractivity contribution in [3.8, 4) is 5.75 Å². The molecular formula is C26H36N4O7S. The van der Waals surface area contributed by atoms with E-state index < -0.39 is 33.4 Å².